The van der Waals surface area contributed by atoms with Gasteiger partial charge in [0, 0.05) is 25.7 Å². The van der Waals surface area contributed by atoms with Crippen LogP contribution in [0.1, 0.15) is 20.8 Å². The molecule has 0 saturated carbocycles. The summed E-state index contributed by atoms with van der Waals surface area (Å²) in [4.78, 5) is 13.2. The molecule has 0 aliphatic carbocycles. The fourth-order valence-corrected chi connectivity index (χ4v) is 1.48. The van der Waals surface area contributed by atoms with Crippen LogP contribution in [0.5, 0.6) is 0 Å². The predicted molar refractivity (Wildman–Crippen MR) is 49.2 cm³/mol. The van der Waals surface area contributed by atoms with Gasteiger partial charge in [0.05, 0.1) is 0 Å². The highest BCUT2D eigenvalue weighted by atomic mass is 19.1. The van der Waals surface area contributed by atoms with Crippen molar-refractivity contribution in [2.75, 3.05) is 19.6 Å². The summed E-state index contributed by atoms with van der Waals surface area (Å²) < 4.78 is 13.3. The van der Waals surface area contributed by atoms with E-state index in [9.17, 15) is 9.18 Å². The zero-order valence-corrected chi connectivity index (χ0v) is 8.43. The van der Waals surface area contributed by atoms with Crippen LogP contribution in [0.4, 0.5) is 4.39 Å². The highest BCUT2D eigenvalue weighted by Gasteiger charge is 2.34. The number of hydrogen-bond donors (Lipinski definition) is 1. The molecule has 1 fully saturated rings. The summed E-state index contributed by atoms with van der Waals surface area (Å²) in [6, 6.07) is 0.0938. The van der Waals surface area contributed by atoms with Crippen LogP contribution in [0.25, 0.3) is 0 Å². The molecule has 0 spiro atoms. The molecule has 0 unspecified atom stereocenters. The molecule has 1 aliphatic rings. The van der Waals surface area contributed by atoms with Crippen LogP contribution in [0.15, 0.2) is 0 Å². The molecule has 1 heterocycles. The summed E-state index contributed by atoms with van der Waals surface area (Å²) in [5.74, 6) is -0.401. The van der Waals surface area contributed by atoms with Gasteiger partial charge in [0.1, 0.15) is 0 Å². The first-order valence-corrected chi connectivity index (χ1v) is 4.63. The lowest BCUT2D eigenvalue weighted by Gasteiger charge is -2.36. The Morgan fingerprint density at radius 3 is 2.69 bits per heavy atom. The lowest BCUT2D eigenvalue weighted by atomic mass is 10.1. The minimum atomic E-state index is -1.74. The number of amides is 1. The van der Waals surface area contributed by atoms with Crippen molar-refractivity contribution < 1.29 is 9.18 Å². The van der Waals surface area contributed by atoms with Gasteiger partial charge in [0.2, 0.25) is 0 Å². The number of nitrogens with zero attached hydrogens (tertiary/aromatic N) is 1. The van der Waals surface area contributed by atoms with E-state index in [1.165, 1.54) is 13.8 Å². The van der Waals surface area contributed by atoms with Crippen LogP contribution in [0, 0.1) is 0 Å². The quantitative estimate of drug-likeness (QED) is 0.652. The van der Waals surface area contributed by atoms with E-state index >= 15 is 0 Å². The van der Waals surface area contributed by atoms with Crippen LogP contribution >= 0.6 is 0 Å². The van der Waals surface area contributed by atoms with Gasteiger partial charge in [0.15, 0.2) is 5.67 Å². The van der Waals surface area contributed by atoms with Crippen molar-refractivity contribution in [3.63, 3.8) is 0 Å². The van der Waals surface area contributed by atoms with Gasteiger partial charge in [-0.2, -0.15) is 0 Å². The molecule has 1 amide bonds. The number of piperazine rings is 1. The standard InChI is InChI=1S/C9H17FN2O/c1-7-6-11-4-5-12(7)8(13)9(2,3)10/h7,11H,4-6H2,1-3H3/t7-/m0/s1. The zero-order chi connectivity index (χ0) is 10.1. The highest BCUT2D eigenvalue weighted by Crippen LogP contribution is 2.15. The Kier molecular flexibility index (Phi) is 2.91. The average molecular weight is 188 g/mol. The molecule has 0 aromatic heterocycles. The first kappa shape index (κ1) is 10.4. The van der Waals surface area contributed by atoms with Gasteiger partial charge in [-0.3, -0.25) is 4.79 Å². The van der Waals surface area contributed by atoms with E-state index in [0.29, 0.717) is 6.54 Å². The Bertz CT molecular complexity index is 200. The predicted octanol–water partition coefficient (Wildman–Crippen LogP) is 0.555. The maximum atomic E-state index is 13.3. The van der Waals surface area contributed by atoms with Crippen LogP contribution in [-0.4, -0.2) is 42.2 Å². The van der Waals surface area contributed by atoms with Crippen molar-refractivity contribution in [2.24, 2.45) is 0 Å². The van der Waals surface area contributed by atoms with E-state index in [-0.39, 0.29) is 6.04 Å². The van der Waals surface area contributed by atoms with Gasteiger partial charge in [0.25, 0.3) is 5.91 Å². The molecule has 1 atom stereocenters. The number of alkyl halides is 1. The van der Waals surface area contributed by atoms with Crippen molar-refractivity contribution in [1.82, 2.24) is 10.2 Å². The Balaban J connectivity index is 2.64. The number of halogens is 1. The van der Waals surface area contributed by atoms with Gasteiger partial charge in [-0.25, -0.2) is 4.39 Å². The van der Waals surface area contributed by atoms with Crippen molar-refractivity contribution in [3.05, 3.63) is 0 Å². The Morgan fingerprint density at radius 2 is 2.23 bits per heavy atom. The molecular weight excluding hydrogens is 171 g/mol. The van der Waals surface area contributed by atoms with E-state index in [0.717, 1.165) is 13.1 Å². The van der Waals surface area contributed by atoms with Crippen LogP contribution in [0.3, 0.4) is 0 Å². The summed E-state index contributed by atoms with van der Waals surface area (Å²) in [6.45, 7) is 6.66. The minimum Gasteiger partial charge on any atom is -0.335 e. The van der Waals surface area contributed by atoms with E-state index in [1.54, 1.807) is 4.90 Å². The number of nitrogens with one attached hydrogen (secondary N) is 1. The van der Waals surface area contributed by atoms with E-state index in [2.05, 4.69) is 5.32 Å². The average Bonchev–Trinajstić information content (AvgIpc) is 2.02. The van der Waals surface area contributed by atoms with E-state index in [1.807, 2.05) is 6.92 Å². The maximum absolute atomic E-state index is 13.3. The van der Waals surface area contributed by atoms with Gasteiger partial charge in [-0.05, 0) is 20.8 Å². The number of carbonyl (C=O) groups is 1. The number of carbonyl (C=O) groups excluding carboxylic acids is 1. The molecule has 1 N–H and O–H groups in total. The fraction of sp³-hybridized carbons (Fsp3) is 0.889. The zero-order valence-electron chi connectivity index (χ0n) is 8.43. The molecule has 1 aliphatic heterocycles. The molecular formula is C9H17FN2O. The summed E-state index contributed by atoms with van der Waals surface area (Å²) >= 11 is 0. The SMILES string of the molecule is C[C@H]1CNCCN1C(=O)C(C)(C)F. The van der Waals surface area contributed by atoms with E-state index < -0.39 is 11.6 Å². The fourth-order valence-electron chi connectivity index (χ4n) is 1.48. The number of rotatable bonds is 1. The first-order chi connectivity index (χ1) is 5.93. The maximum Gasteiger partial charge on any atom is 0.259 e. The Morgan fingerprint density at radius 1 is 1.62 bits per heavy atom. The Hall–Kier alpha value is -0.640. The third-order valence-electron chi connectivity index (χ3n) is 2.27. The first-order valence-electron chi connectivity index (χ1n) is 4.63. The third kappa shape index (κ3) is 2.40. The Labute approximate surface area is 78.3 Å². The molecule has 13 heavy (non-hydrogen) atoms. The van der Waals surface area contributed by atoms with Crippen molar-refractivity contribution >= 4 is 5.91 Å². The van der Waals surface area contributed by atoms with Gasteiger partial charge in [-0.1, -0.05) is 0 Å². The lowest BCUT2D eigenvalue weighted by molar-refractivity contribution is -0.144. The van der Waals surface area contributed by atoms with Crippen LogP contribution in [-0.2, 0) is 4.79 Å². The van der Waals surface area contributed by atoms with Crippen molar-refractivity contribution in [2.45, 2.75) is 32.5 Å². The monoisotopic (exact) mass is 188 g/mol. The minimum absolute atomic E-state index is 0.0938. The van der Waals surface area contributed by atoms with Gasteiger partial charge >= 0.3 is 0 Å². The second-order valence-electron chi connectivity index (χ2n) is 4.02. The molecule has 4 heteroatoms. The van der Waals surface area contributed by atoms with E-state index in [4.69, 9.17) is 0 Å². The largest absolute Gasteiger partial charge is 0.335 e. The van der Waals surface area contributed by atoms with Crippen LogP contribution < -0.4 is 5.32 Å². The van der Waals surface area contributed by atoms with Gasteiger partial charge in [-0.15, -0.1) is 0 Å². The summed E-state index contributed by atoms with van der Waals surface area (Å²) in [5.41, 5.74) is -1.74. The third-order valence-corrected chi connectivity index (χ3v) is 2.27. The van der Waals surface area contributed by atoms with Crippen molar-refractivity contribution in [3.8, 4) is 0 Å². The van der Waals surface area contributed by atoms with Crippen molar-refractivity contribution in [1.29, 1.82) is 0 Å². The lowest BCUT2D eigenvalue weighted by Crippen LogP contribution is -2.56. The molecule has 76 valence electrons. The molecule has 0 aromatic rings. The highest BCUT2D eigenvalue weighted by molar-refractivity contribution is 5.84. The molecule has 0 bridgehead atoms. The molecule has 0 radical (unpaired) electrons. The summed E-state index contributed by atoms with van der Waals surface area (Å²) in [7, 11) is 0. The summed E-state index contributed by atoms with van der Waals surface area (Å²) in [5, 5.41) is 3.15. The molecule has 1 saturated heterocycles. The smallest absolute Gasteiger partial charge is 0.259 e. The normalized spacial score (nSPS) is 24.6. The second-order valence-corrected chi connectivity index (χ2v) is 4.02. The second kappa shape index (κ2) is 3.62. The molecule has 3 nitrogen and oxygen atoms in total. The topological polar surface area (TPSA) is 32.3 Å². The van der Waals surface area contributed by atoms with Gasteiger partial charge < -0.3 is 10.2 Å². The molecule has 0 aromatic carbocycles. The summed E-state index contributed by atoms with van der Waals surface area (Å²) in [6.07, 6.45) is 0. The van der Waals surface area contributed by atoms with Crippen LogP contribution in [0.2, 0.25) is 0 Å². The number of hydrogen-bond acceptors (Lipinski definition) is 2. The molecule has 1 rings (SSSR count).